The first-order valence-corrected chi connectivity index (χ1v) is 10.1. The van der Waals surface area contributed by atoms with Gasteiger partial charge in [0.25, 0.3) is 11.8 Å². The van der Waals surface area contributed by atoms with Crippen molar-refractivity contribution < 1.29 is 23.9 Å². The van der Waals surface area contributed by atoms with E-state index in [-0.39, 0.29) is 23.8 Å². The molecule has 0 aliphatic carbocycles. The average Bonchev–Trinajstić information content (AvgIpc) is 3.02. The van der Waals surface area contributed by atoms with E-state index in [4.69, 9.17) is 10.5 Å². The number of amides is 3. The molecule has 1 aliphatic rings. The Labute approximate surface area is 173 Å². The zero-order valence-electron chi connectivity index (χ0n) is 16.5. The van der Waals surface area contributed by atoms with Crippen LogP contribution in [0, 0.1) is 0 Å². The molecular formula is C19H24N4O5S. The van der Waals surface area contributed by atoms with E-state index < -0.39 is 23.2 Å². The van der Waals surface area contributed by atoms with Crippen LogP contribution in [0.2, 0.25) is 0 Å². The predicted octanol–water partition coefficient (Wildman–Crippen LogP) is 1.39. The number of esters is 1. The molecule has 1 aliphatic heterocycles. The number of hydrogen-bond acceptors (Lipinski definition) is 7. The van der Waals surface area contributed by atoms with Gasteiger partial charge in [-0.2, -0.15) is 4.99 Å². The number of primary amides is 1. The third kappa shape index (κ3) is 6.05. The molecule has 3 N–H and O–H groups in total. The smallest absolute Gasteiger partial charge is 0.338 e. The molecule has 9 nitrogen and oxygen atoms in total. The van der Waals surface area contributed by atoms with Crippen molar-refractivity contribution in [3.8, 4) is 0 Å². The van der Waals surface area contributed by atoms with Crippen molar-refractivity contribution in [2.75, 3.05) is 18.4 Å². The van der Waals surface area contributed by atoms with E-state index in [1.54, 1.807) is 12.1 Å². The van der Waals surface area contributed by atoms with Crippen LogP contribution < -0.4 is 11.1 Å². The molecule has 1 heterocycles. The Bertz CT molecular complexity index is 838. The van der Waals surface area contributed by atoms with Crippen molar-refractivity contribution in [2.24, 2.45) is 10.7 Å². The van der Waals surface area contributed by atoms with Crippen molar-refractivity contribution >= 4 is 46.3 Å². The summed E-state index contributed by atoms with van der Waals surface area (Å²) < 4.78 is 4.94. The summed E-state index contributed by atoms with van der Waals surface area (Å²) in [6.07, 6.45) is -1.10. The van der Waals surface area contributed by atoms with E-state index in [1.165, 1.54) is 30.8 Å². The van der Waals surface area contributed by atoms with Gasteiger partial charge in [-0.15, -0.1) is 0 Å². The summed E-state index contributed by atoms with van der Waals surface area (Å²) in [6, 6.07) is 6.09. The Morgan fingerprint density at radius 1 is 1.31 bits per heavy atom. The second kappa shape index (κ2) is 10.1. The molecule has 0 fully saturated rings. The molecule has 0 aromatic heterocycles. The number of aliphatic imine (C=N–C) groups is 1. The number of nitrogens with one attached hydrogen (secondary N) is 1. The largest absolute Gasteiger partial charge is 0.449 e. The van der Waals surface area contributed by atoms with Crippen LogP contribution in [0.15, 0.2) is 29.3 Å². The highest BCUT2D eigenvalue weighted by Gasteiger charge is 2.32. The van der Waals surface area contributed by atoms with Gasteiger partial charge in [0, 0.05) is 25.2 Å². The molecule has 0 bridgehead atoms. The normalized spacial score (nSPS) is 16.7. The number of nitrogens with two attached hydrogens (primary N) is 1. The number of nitrogens with zero attached hydrogens (tertiary/aromatic N) is 2. The molecule has 29 heavy (non-hydrogen) atoms. The number of benzene rings is 1. The Balaban J connectivity index is 1.96. The van der Waals surface area contributed by atoms with Gasteiger partial charge in [-0.3, -0.25) is 14.4 Å². The lowest BCUT2D eigenvalue weighted by molar-refractivity contribution is -0.125. The standard InChI is InChI=1S/C19H24N4O5S/c1-4-23(5-2)19-22-17(26)14(29-19)10-15(24)21-13-8-6-7-12(9-13)18(27)28-11(3)16(20)25/h6-9,11,14H,4-5,10H2,1-3H3,(H2,20,25)(H,21,24)/t11-,14+/m0/s1. The van der Waals surface area contributed by atoms with Gasteiger partial charge in [0.05, 0.1) is 5.56 Å². The first-order valence-electron chi connectivity index (χ1n) is 9.19. The van der Waals surface area contributed by atoms with Gasteiger partial charge in [-0.25, -0.2) is 4.79 Å². The number of hydrogen-bond donors (Lipinski definition) is 2. The Hall–Kier alpha value is -2.88. The molecule has 0 spiro atoms. The van der Waals surface area contributed by atoms with Crippen LogP contribution in [0.5, 0.6) is 0 Å². The first-order chi connectivity index (χ1) is 13.7. The third-order valence-electron chi connectivity index (χ3n) is 4.20. The van der Waals surface area contributed by atoms with Crippen LogP contribution in [0.3, 0.4) is 0 Å². The minimum Gasteiger partial charge on any atom is -0.449 e. The van der Waals surface area contributed by atoms with Crippen LogP contribution in [0.25, 0.3) is 0 Å². The predicted molar refractivity (Wildman–Crippen MR) is 111 cm³/mol. The van der Waals surface area contributed by atoms with E-state index in [0.29, 0.717) is 10.9 Å². The van der Waals surface area contributed by atoms with Crippen LogP contribution in [-0.2, 0) is 19.1 Å². The van der Waals surface area contributed by atoms with Gasteiger partial charge in [0.2, 0.25) is 5.91 Å². The summed E-state index contributed by atoms with van der Waals surface area (Å²) in [5.41, 5.74) is 5.61. The topological polar surface area (TPSA) is 131 Å². The van der Waals surface area contributed by atoms with Crippen molar-refractivity contribution in [1.82, 2.24) is 4.90 Å². The van der Waals surface area contributed by atoms with Gasteiger partial charge in [0.15, 0.2) is 11.3 Å². The highest BCUT2D eigenvalue weighted by molar-refractivity contribution is 8.15. The van der Waals surface area contributed by atoms with E-state index in [2.05, 4.69) is 10.3 Å². The summed E-state index contributed by atoms with van der Waals surface area (Å²) in [4.78, 5) is 53.5. The Kier molecular flexibility index (Phi) is 7.77. The molecule has 2 atom stereocenters. The molecule has 0 unspecified atom stereocenters. The molecule has 2 rings (SSSR count). The Morgan fingerprint density at radius 2 is 2.00 bits per heavy atom. The van der Waals surface area contributed by atoms with Crippen LogP contribution in [0.4, 0.5) is 5.69 Å². The van der Waals surface area contributed by atoms with Crippen LogP contribution in [-0.4, -0.2) is 58.2 Å². The number of ether oxygens (including phenoxy) is 1. The van der Waals surface area contributed by atoms with Gasteiger partial charge in [-0.1, -0.05) is 17.8 Å². The summed E-state index contributed by atoms with van der Waals surface area (Å²) in [6.45, 7) is 6.77. The minimum absolute atomic E-state index is 0.0366. The maximum Gasteiger partial charge on any atom is 0.338 e. The zero-order chi connectivity index (χ0) is 21.6. The van der Waals surface area contributed by atoms with E-state index >= 15 is 0 Å². The van der Waals surface area contributed by atoms with E-state index in [0.717, 1.165) is 13.1 Å². The molecule has 156 valence electrons. The van der Waals surface area contributed by atoms with Crippen molar-refractivity contribution in [3.63, 3.8) is 0 Å². The quantitative estimate of drug-likeness (QED) is 0.608. The van der Waals surface area contributed by atoms with Gasteiger partial charge < -0.3 is 20.7 Å². The summed E-state index contributed by atoms with van der Waals surface area (Å²) >= 11 is 1.28. The maximum absolute atomic E-state index is 12.4. The number of anilines is 1. The van der Waals surface area contributed by atoms with Gasteiger partial charge in [0.1, 0.15) is 5.25 Å². The summed E-state index contributed by atoms with van der Waals surface area (Å²) in [5, 5.41) is 2.72. The molecule has 1 aromatic carbocycles. The van der Waals surface area contributed by atoms with Crippen molar-refractivity contribution in [1.29, 1.82) is 0 Å². The molecule has 10 heteroatoms. The molecule has 3 amide bonds. The molecule has 1 aromatic rings. The SMILES string of the molecule is CCN(CC)C1=NC(=O)[C@@H](CC(=O)Nc2cccc(C(=O)O[C@@H](C)C(N)=O)c2)S1. The second-order valence-corrected chi connectivity index (χ2v) is 7.46. The van der Waals surface area contributed by atoms with E-state index in [9.17, 15) is 19.2 Å². The fourth-order valence-electron chi connectivity index (χ4n) is 2.53. The fourth-order valence-corrected chi connectivity index (χ4v) is 3.72. The molecule has 0 saturated heterocycles. The fraction of sp³-hybridized carbons (Fsp3) is 0.421. The first kappa shape index (κ1) is 22.4. The van der Waals surface area contributed by atoms with Crippen molar-refractivity contribution in [3.05, 3.63) is 29.8 Å². The van der Waals surface area contributed by atoms with Crippen molar-refractivity contribution in [2.45, 2.75) is 38.5 Å². The molecule has 0 saturated carbocycles. The number of rotatable bonds is 8. The lowest BCUT2D eigenvalue weighted by Gasteiger charge is -2.19. The van der Waals surface area contributed by atoms with Gasteiger partial charge >= 0.3 is 5.97 Å². The molecule has 0 radical (unpaired) electrons. The van der Waals surface area contributed by atoms with Gasteiger partial charge in [-0.05, 0) is 39.0 Å². The lowest BCUT2D eigenvalue weighted by atomic mass is 10.2. The maximum atomic E-state index is 12.4. The monoisotopic (exact) mass is 420 g/mol. The van der Waals surface area contributed by atoms with E-state index in [1.807, 2.05) is 18.7 Å². The lowest BCUT2D eigenvalue weighted by Crippen LogP contribution is -2.30. The number of carbonyl (C=O) groups excluding carboxylic acids is 4. The highest BCUT2D eigenvalue weighted by Crippen LogP contribution is 2.27. The number of amidine groups is 1. The highest BCUT2D eigenvalue weighted by atomic mass is 32.2. The zero-order valence-corrected chi connectivity index (χ0v) is 17.3. The Morgan fingerprint density at radius 3 is 2.62 bits per heavy atom. The second-order valence-electron chi connectivity index (χ2n) is 6.29. The number of thioether (sulfide) groups is 1. The third-order valence-corrected chi connectivity index (χ3v) is 5.41. The average molecular weight is 420 g/mol. The molecular weight excluding hydrogens is 396 g/mol. The summed E-state index contributed by atoms with van der Waals surface area (Å²) in [5.74, 6) is -2.19. The van der Waals surface area contributed by atoms with Crippen LogP contribution >= 0.6 is 11.8 Å². The number of carbonyl (C=O) groups is 4. The minimum atomic E-state index is -1.06. The van der Waals surface area contributed by atoms with Crippen LogP contribution in [0.1, 0.15) is 37.6 Å². The summed E-state index contributed by atoms with van der Waals surface area (Å²) in [7, 11) is 0.